The average Bonchev–Trinajstić information content (AvgIpc) is 3.43. The minimum Gasteiger partial charge on any atom is -0.493 e. The van der Waals surface area contributed by atoms with E-state index in [-0.39, 0.29) is 18.5 Å². The maximum absolute atomic E-state index is 13.6. The van der Waals surface area contributed by atoms with E-state index in [4.69, 9.17) is 14.2 Å². The molecule has 0 bridgehead atoms. The van der Waals surface area contributed by atoms with E-state index in [0.29, 0.717) is 44.2 Å². The summed E-state index contributed by atoms with van der Waals surface area (Å²) in [6.07, 6.45) is 0.629. The van der Waals surface area contributed by atoms with Crippen molar-refractivity contribution in [3.05, 3.63) is 75.5 Å². The van der Waals surface area contributed by atoms with Crippen LogP contribution in [0.3, 0.4) is 0 Å². The molecule has 0 saturated carbocycles. The summed E-state index contributed by atoms with van der Waals surface area (Å²) in [5.41, 5.74) is 3.71. The van der Waals surface area contributed by atoms with Gasteiger partial charge in [-0.15, -0.1) is 11.3 Å². The van der Waals surface area contributed by atoms with Crippen LogP contribution < -0.4 is 14.8 Å². The fraction of sp³-hybridized carbons (Fsp3) is 0.379. The van der Waals surface area contributed by atoms with Crippen molar-refractivity contribution in [3.8, 4) is 11.5 Å². The highest BCUT2D eigenvalue weighted by Gasteiger charge is 2.23. The second-order valence-electron chi connectivity index (χ2n) is 8.95. The smallest absolute Gasteiger partial charge is 0.322 e. The fourth-order valence-electron chi connectivity index (χ4n) is 4.10. The molecule has 8 nitrogen and oxygen atoms in total. The summed E-state index contributed by atoms with van der Waals surface area (Å²) in [6, 6.07) is 15.3. The van der Waals surface area contributed by atoms with E-state index in [1.165, 1.54) is 4.90 Å². The number of para-hydroxylation sites is 1. The van der Waals surface area contributed by atoms with E-state index in [0.717, 1.165) is 27.3 Å². The molecule has 0 saturated heterocycles. The predicted molar refractivity (Wildman–Crippen MR) is 151 cm³/mol. The summed E-state index contributed by atoms with van der Waals surface area (Å²) in [5.74, 6) is 1.17. The lowest BCUT2D eigenvalue weighted by molar-refractivity contribution is -0.132. The summed E-state index contributed by atoms with van der Waals surface area (Å²) >= 11 is 1.60. The van der Waals surface area contributed by atoms with Gasteiger partial charge in [-0.2, -0.15) is 0 Å². The molecule has 1 heterocycles. The Hall–Kier alpha value is -3.56. The van der Waals surface area contributed by atoms with Gasteiger partial charge in [-0.1, -0.05) is 30.3 Å². The third-order valence-electron chi connectivity index (χ3n) is 6.29. The van der Waals surface area contributed by atoms with Crippen LogP contribution in [0.25, 0.3) is 0 Å². The molecule has 3 amide bonds. The van der Waals surface area contributed by atoms with Gasteiger partial charge in [0.1, 0.15) is 6.54 Å². The number of nitrogens with zero attached hydrogens (tertiary/aromatic N) is 2. The first-order chi connectivity index (χ1) is 18.4. The zero-order chi connectivity index (χ0) is 27.5. The number of thiophene rings is 1. The van der Waals surface area contributed by atoms with Crippen molar-refractivity contribution >= 4 is 29.0 Å². The molecule has 0 aliphatic heterocycles. The molecule has 0 fully saturated rings. The molecule has 0 unspecified atom stereocenters. The minimum absolute atomic E-state index is 0.0581. The minimum atomic E-state index is -0.330. The van der Waals surface area contributed by atoms with Crippen molar-refractivity contribution < 1.29 is 23.8 Å². The van der Waals surface area contributed by atoms with Crippen molar-refractivity contribution in [2.24, 2.45) is 0 Å². The number of urea groups is 1. The second kappa shape index (κ2) is 14.4. The Morgan fingerprint density at radius 3 is 2.26 bits per heavy atom. The monoisotopic (exact) mass is 539 g/mol. The first-order valence-electron chi connectivity index (χ1n) is 12.5. The first-order valence-corrected chi connectivity index (χ1v) is 13.4. The van der Waals surface area contributed by atoms with E-state index in [9.17, 15) is 9.59 Å². The molecule has 9 heteroatoms. The number of ether oxygens (including phenoxy) is 3. The zero-order valence-electron chi connectivity index (χ0n) is 22.8. The van der Waals surface area contributed by atoms with Gasteiger partial charge in [-0.3, -0.25) is 4.79 Å². The maximum atomic E-state index is 13.6. The van der Waals surface area contributed by atoms with E-state index < -0.39 is 0 Å². The molecule has 1 aromatic heterocycles. The molecule has 0 spiro atoms. The van der Waals surface area contributed by atoms with Gasteiger partial charge in [0.2, 0.25) is 5.91 Å². The van der Waals surface area contributed by atoms with Crippen LogP contribution in [-0.2, 0) is 22.5 Å². The van der Waals surface area contributed by atoms with Crippen LogP contribution in [0.4, 0.5) is 10.5 Å². The summed E-state index contributed by atoms with van der Waals surface area (Å²) in [7, 11) is 4.78. The number of carbonyl (C=O) groups excluding carboxylic acids is 2. The van der Waals surface area contributed by atoms with E-state index >= 15 is 0 Å². The van der Waals surface area contributed by atoms with Gasteiger partial charge in [-0.25, -0.2) is 4.79 Å². The summed E-state index contributed by atoms with van der Waals surface area (Å²) in [6.45, 7) is 5.42. The lowest BCUT2D eigenvalue weighted by Crippen LogP contribution is -2.46. The number of methoxy groups -OCH3 is 3. The quantitative estimate of drug-likeness (QED) is 0.326. The van der Waals surface area contributed by atoms with Gasteiger partial charge in [0.05, 0.1) is 27.4 Å². The molecule has 2 aromatic carbocycles. The Kier molecular flexibility index (Phi) is 11.0. The third kappa shape index (κ3) is 7.97. The fourth-order valence-corrected chi connectivity index (χ4v) is 4.82. The van der Waals surface area contributed by atoms with Crippen molar-refractivity contribution in [1.82, 2.24) is 9.80 Å². The highest BCUT2D eigenvalue weighted by molar-refractivity contribution is 7.09. The van der Waals surface area contributed by atoms with Crippen LogP contribution in [0.1, 0.15) is 21.6 Å². The van der Waals surface area contributed by atoms with Crippen molar-refractivity contribution in [3.63, 3.8) is 0 Å². The maximum Gasteiger partial charge on any atom is 0.322 e. The standard InChI is InChI=1S/C29H37N3O5S/c1-21-8-6-9-22(2)28(21)30-29(34)32(15-16-35-3)20-27(33)31(19-24-10-7-17-38-24)14-13-23-11-12-25(36-4)26(18-23)37-5/h6-12,17-18H,13-16,19-20H2,1-5H3,(H,30,34). The molecule has 1 N–H and O–H groups in total. The lowest BCUT2D eigenvalue weighted by atomic mass is 10.1. The van der Waals surface area contributed by atoms with Gasteiger partial charge >= 0.3 is 6.03 Å². The molecule has 3 aromatic rings. The largest absolute Gasteiger partial charge is 0.493 e. The Bertz CT molecular complexity index is 1180. The average molecular weight is 540 g/mol. The Balaban J connectivity index is 1.76. The number of anilines is 1. The van der Waals surface area contributed by atoms with Gasteiger partial charge in [0.25, 0.3) is 0 Å². The molecule has 3 rings (SSSR count). The van der Waals surface area contributed by atoms with Crippen LogP contribution in [0.5, 0.6) is 11.5 Å². The second-order valence-corrected chi connectivity index (χ2v) is 9.98. The van der Waals surface area contributed by atoms with Crippen LogP contribution in [0, 0.1) is 13.8 Å². The molecule has 38 heavy (non-hydrogen) atoms. The van der Waals surface area contributed by atoms with Crippen molar-refractivity contribution in [2.75, 3.05) is 52.9 Å². The number of carbonyl (C=O) groups is 2. The van der Waals surface area contributed by atoms with Gasteiger partial charge in [0.15, 0.2) is 11.5 Å². The number of hydrogen-bond donors (Lipinski definition) is 1. The molecule has 0 aliphatic carbocycles. The number of aryl methyl sites for hydroxylation is 2. The van der Waals surface area contributed by atoms with E-state index in [1.54, 1.807) is 37.6 Å². The van der Waals surface area contributed by atoms with Crippen molar-refractivity contribution in [1.29, 1.82) is 0 Å². The van der Waals surface area contributed by atoms with E-state index in [2.05, 4.69) is 5.32 Å². The topological polar surface area (TPSA) is 80.3 Å². The summed E-state index contributed by atoms with van der Waals surface area (Å²) < 4.78 is 16.0. The zero-order valence-corrected chi connectivity index (χ0v) is 23.6. The first kappa shape index (κ1) is 29.0. The third-order valence-corrected chi connectivity index (χ3v) is 7.15. The molecule has 0 radical (unpaired) electrons. The number of nitrogens with one attached hydrogen (secondary N) is 1. The Labute approximate surface area is 229 Å². The van der Waals surface area contributed by atoms with E-state index in [1.807, 2.05) is 67.8 Å². The Morgan fingerprint density at radius 1 is 0.895 bits per heavy atom. The molecular formula is C29H37N3O5S. The van der Waals surface area contributed by atoms with Gasteiger partial charge in [0, 0.05) is 30.8 Å². The van der Waals surface area contributed by atoms with Crippen molar-refractivity contribution in [2.45, 2.75) is 26.8 Å². The molecule has 0 atom stereocenters. The SMILES string of the molecule is COCCN(CC(=O)N(CCc1ccc(OC)c(OC)c1)Cc1cccs1)C(=O)Nc1c(C)cccc1C. The normalized spacial score (nSPS) is 10.7. The summed E-state index contributed by atoms with van der Waals surface area (Å²) in [4.78, 5) is 31.3. The van der Waals surface area contributed by atoms with Gasteiger partial charge < -0.3 is 29.3 Å². The highest BCUT2D eigenvalue weighted by atomic mass is 32.1. The Morgan fingerprint density at radius 2 is 1.63 bits per heavy atom. The predicted octanol–water partition coefficient (Wildman–Crippen LogP) is 5.13. The van der Waals surface area contributed by atoms with Crippen LogP contribution in [0.15, 0.2) is 53.9 Å². The van der Waals surface area contributed by atoms with Crippen LogP contribution >= 0.6 is 11.3 Å². The number of benzene rings is 2. The van der Waals surface area contributed by atoms with Gasteiger partial charge in [-0.05, 0) is 60.5 Å². The van der Waals surface area contributed by atoms with Crippen LogP contribution in [-0.4, -0.2) is 69.3 Å². The lowest BCUT2D eigenvalue weighted by Gasteiger charge is -2.28. The molecule has 0 aliphatic rings. The number of hydrogen-bond acceptors (Lipinski definition) is 6. The van der Waals surface area contributed by atoms with Crippen LogP contribution in [0.2, 0.25) is 0 Å². The number of amides is 3. The molecule has 204 valence electrons. The summed E-state index contributed by atoms with van der Waals surface area (Å²) in [5, 5.41) is 4.99. The molecular weight excluding hydrogens is 502 g/mol. The highest BCUT2D eigenvalue weighted by Crippen LogP contribution is 2.28. The number of rotatable bonds is 13.